The highest BCUT2D eigenvalue weighted by molar-refractivity contribution is 9.10. The fraction of sp³-hybridized carbons (Fsp3) is 0.536. The molecule has 0 saturated carbocycles. The Morgan fingerprint density at radius 2 is 1.76 bits per heavy atom. The summed E-state index contributed by atoms with van der Waals surface area (Å²) in [5, 5.41) is 11.9. The van der Waals surface area contributed by atoms with Gasteiger partial charge in [-0.3, -0.25) is 5.10 Å². The molecule has 3 aromatic rings. The predicted octanol–water partition coefficient (Wildman–Crippen LogP) is 4.66. The maximum absolute atomic E-state index is 4.59. The summed E-state index contributed by atoms with van der Waals surface area (Å²) in [7, 11) is 0. The summed E-state index contributed by atoms with van der Waals surface area (Å²) in [5.41, 5.74) is 5.47. The van der Waals surface area contributed by atoms with E-state index in [2.05, 4.69) is 108 Å². The number of nitrogens with one attached hydrogen (secondary N) is 2. The molecule has 2 fully saturated rings. The van der Waals surface area contributed by atoms with Crippen LogP contribution in [0.3, 0.4) is 0 Å². The van der Waals surface area contributed by atoms with E-state index in [4.69, 9.17) is 0 Å². The maximum Gasteiger partial charge on any atom is 0.187 e. The number of halogens is 1. The Bertz CT molecular complexity index is 1300. The summed E-state index contributed by atoms with van der Waals surface area (Å²) in [4.78, 5) is 16.3. The number of aromatic nitrogens is 4. The largest absolute Gasteiger partial charge is 0.383 e. The monoisotopic (exact) mass is 564 g/mol. The van der Waals surface area contributed by atoms with E-state index in [0.717, 1.165) is 60.6 Å². The van der Waals surface area contributed by atoms with Crippen molar-refractivity contribution in [3.05, 3.63) is 34.2 Å². The number of anilines is 3. The van der Waals surface area contributed by atoms with E-state index in [0.29, 0.717) is 5.65 Å². The van der Waals surface area contributed by atoms with Crippen LogP contribution in [0.2, 0.25) is 0 Å². The van der Waals surface area contributed by atoms with Gasteiger partial charge < -0.3 is 20.0 Å². The van der Waals surface area contributed by atoms with Gasteiger partial charge in [0.05, 0.1) is 5.39 Å². The van der Waals surface area contributed by atoms with Crippen molar-refractivity contribution in [2.24, 2.45) is 5.41 Å². The third-order valence-corrected chi connectivity index (χ3v) is 7.68. The second-order valence-corrected chi connectivity index (χ2v) is 11.8. The van der Waals surface area contributed by atoms with E-state index in [1.54, 1.807) is 6.33 Å². The Morgan fingerprint density at radius 3 is 2.49 bits per heavy atom. The lowest BCUT2D eigenvalue weighted by Crippen LogP contribution is -2.47. The second-order valence-electron chi connectivity index (χ2n) is 11.1. The Balaban J connectivity index is 1.36. The lowest BCUT2D eigenvalue weighted by molar-refractivity contribution is 0.352. The van der Waals surface area contributed by atoms with Gasteiger partial charge in [0.2, 0.25) is 0 Å². The topological polar surface area (TPSA) is 76.2 Å². The van der Waals surface area contributed by atoms with Gasteiger partial charge in [-0.2, -0.15) is 5.10 Å². The van der Waals surface area contributed by atoms with Gasteiger partial charge in [-0.05, 0) is 87.3 Å². The molecule has 196 valence electrons. The van der Waals surface area contributed by atoms with Gasteiger partial charge in [0.25, 0.3) is 0 Å². The van der Waals surface area contributed by atoms with E-state index in [-0.39, 0.29) is 5.41 Å². The molecule has 2 aliphatic heterocycles. The van der Waals surface area contributed by atoms with Crippen LogP contribution < -0.4 is 15.1 Å². The van der Waals surface area contributed by atoms with Crippen LogP contribution in [0.25, 0.3) is 11.0 Å². The molecule has 5 rings (SSSR count). The first-order valence-corrected chi connectivity index (χ1v) is 14.1. The van der Waals surface area contributed by atoms with Crippen molar-refractivity contribution in [1.29, 1.82) is 0 Å². The van der Waals surface area contributed by atoms with Crippen molar-refractivity contribution in [3.63, 3.8) is 0 Å². The third-order valence-electron chi connectivity index (χ3n) is 7.11. The minimum Gasteiger partial charge on any atom is -0.383 e. The number of piperazine rings is 1. The molecule has 0 aliphatic carbocycles. The minimum absolute atomic E-state index is 0.0374. The van der Waals surface area contributed by atoms with Gasteiger partial charge in [-0.1, -0.05) is 11.8 Å². The van der Waals surface area contributed by atoms with Gasteiger partial charge in [0.15, 0.2) is 5.65 Å². The summed E-state index contributed by atoms with van der Waals surface area (Å²) in [6, 6.07) is 4.50. The molecular formula is C28H37BrN8. The highest BCUT2D eigenvalue weighted by Crippen LogP contribution is 2.32. The number of rotatable bonds is 6. The molecule has 0 amide bonds. The molecule has 4 heterocycles. The van der Waals surface area contributed by atoms with E-state index in [1.165, 1.54) is 42.9 Å². The molecule has 2 N–H and O–H groups in total. The van der Waals surface area contributed by atoms with E-state index < -0.39 is 0 Å². The zero-order valence-corrected chi connectivity index (χ0v) is 24.0. The number of fused-ring (bicyclic) bond motifs is 1. The molecule has 8 nitrogen and oxygen atoms in total. The van der Waals surface area contributed by atoms with Gasteiger partial charge in [0, 0.05) is 61.6 Å². The fourth-order valence-corrected chi connectivity index (χ4v) is 5.55. The standard InChI is InChI=1S/C28H37BrN8/c1-20-22(30-9-12-35-10-5-6-11-35)17-21(7-8-28(2,3)4)18-23(20)36-13-15-37(16-14-36)27-24-25(29)33-34-26(24)31-19-32-27/h17-19,30H,5-6,9-16H2,1-4H3,(H,31,32,33,34). The van der Waals surface area contributed by atoms with Crippen LogP contribution >= 0.6 is 15.9 Å². The number of aromatic amines is 1. The number of H-pyrrole nitrogens is 1. The van der Waals surface area contributed by atoms with Crippen LogP contribution in [0, 0.1) is 24.2 Å². The first kappa shape index (κ1) is 25.8. The Labute approximate surface area is 228 Å². The summed E-state index contributed by atoms with van der Waals surface area (Å²) < 4.78 is 0.825. The summed E-state index contributed by atoms with van der Waals surface area (Å²) in [6.45, 7) is 16.8. The number of benzene rings is 1. The first-order valence-electron chi connectivity index (χ1n) is 13.3. The average Bonchev–Trinajstić information content (AvgIpc) is 3.54. The van der Waals surface area contributed by atoms with Crippen molar-refractivity contribution in [1.82, 2.24) is 25.1 Å². The molecule has 2 saturated heterocycles. The van der Waals surface area contributed by atoms with E-state index in [9.17, 15) is 0 Å². The van der Waals surface area contributed by atoms with Gasteiger partial charge in [-0.25, -0.2) is 9.97 Å². The lowest BCUT2D eigenvalue weighted by Gasteiger charge is -2.38. The van der Waals surface area contributed by atoms with Crippen LogP contribution in [0.1, 0.15) is 44.7 Å². The van der Waals surface area contributed by atoms with Crippen LogP contribution in [0.4, 0.5) is 17.2 Å². The Hall–Kier alpha value is -2.83. The molecule has 0 spiro atoms. The molecule has 37 heavy (non-hydrogen) atoms. The van der Waals surface area contributed by atoms with Crippen molar-refractivity contribution in [3.8, 4) is 11.8 Å². The van der Waals surface area contributed by atoms with E-state index in [1.807, 2.05) is 0 Å². The second kappa shape index (κ2) is 10.9. The molecule has 0 radical (unpaired) electrons. The summed E-state index contributed by atoms with van der Waals surface area (Å²) in [5.74, 6) is 7.80. The number of hydrogen-bond acceptors (Lipinski definition) is 7. The van der Waals surface area contributed by atoms with Gasteiger partial charge >= 0.3 is 0 Å². The minimum atomic E-state index is -0.0374. The van der Waals surface area contributed by atoms with Crippen molar-refractivity contribution >= 4 is 44.2 Å². The van der Waals surface area contributed by atoms with Crippen molar-refractivity contribution < 1.29 is 0 Å². The van der Waals surface area contributed by atoms with Gasteiger partial charge in [0.1, 0.15) is 16.7 Å². The fourth-order valence-electron chi connectivity index (χ4n) is 5.10. The average molecular weight is 566 g/mol. The lowest BCUT2D eigenvalue weighted by atomic mass is 9.97. The zero-order valence-electron chi connectivity index (χ0n) is 22.4. The van der Waals surface area contributed by atoms with E-state index >= 15 is 0 Å². The molecule has 2 aliphatic rings. The highest BCUT2D eigenvalue weighted by Gasteiger charge is 2.24. The quantitative estimate of drug-likeness (QED) is 0.422. The SMILES string of the molecule is Cc1c(NCCN2CCCC2)cc(C#CC(C)(C)C)cc1N1CCN(c2ncnc3n[nH]c(Br)c23)CC1. The molecule has 0 atom stereocenters. The normalized spacial score (nSPS) is 16.8. The van der Waals surface area contributed by atoms with Crippen molar-refractivity contribution in [2.45, 2.75) is 40.5 Å². The van der Waals surface area contributed by atoms with Crippen LogP contribution in [-0.2, 0) is 0 Å². The Morgan fingerprint density at radius 1 is 1.03 bits per heavy atom. The van der Waals surface area contributed by atoms with Crippen LogP contribution in [0.15, 0.2) is 23.1 Å². The maximum atomic E-state index is 4.59. The highest BCUT2D eigenvalue weighted by atomic mass is 79.9. The molecular weight excluding hydrogens is 528 g/mol. The third kappa shape index (κ3) is 6.02. The first-order chi connectivity index (χ1) is 17.8. The molecule has 9 heteroatoms. The number of nitrogens with zero attached hydrogens (tertiary/aromatic N) is 6. The summed E-state index contributed by atoms with van der Waals surface area (Å²) in [6.07, 6.45) is 4.25. The summed E-state index contributed by atoms with van der Waals surface area (Å²) >= 11 is 3.57. The molecule has 0 unspecified atom stereocenters. The Kier molecular flexibility index (Phi) is 7.59. The van der Waals surface area contributed by atoms with Crippen LogP contribution in [0.5, 0.6) is 0 Å². The number of hydrogen-bond donors (Lipinski definition) is 2. The molecule has 1 aromatic carbocycles. The molecule has 0 bridgehead atoms. The zero-order chi connectivity index (χ0) is 26.0. The molecule has 2 aromatic heterocycles. The number of likely N-dealkylation sites (tertiary alicyclic amines) is 1. The smallest absolute Gasteiger partial charge is 0.187 e. The van der Waals surface area contributed by atoms with Crippen LogP contribution in [-0.4, -0.2) is 77.4 Å². The van der Waals surface area contributed by atoms with Crippen molar-refractivity contribution in [2.75, 3.05) is 67.5 Å². The van der Waals surface area contributed by atoms with Gasteiger partial charge in [-0.15, -0.1) is 0 Å². The predicted molar refractivity (Wildman–Crippen MR) is 155 cm³/mol.